The quantitative estimate of drug-likeness (QED) is 0.605. The van der Waals surface area contributed by atoms with Gasteiger partial charge >= 0.3 is 6.18 Å². The van der Waals surface area contributed by atoms with E-state index in [4.69, 9.17) is 0 Å². The number of rotatable bonds is 3. The summed E-state index contributed by atoms with van der Waals surface area (Å²) in [6, 6.07) is 14.7. The van der Waals surface area contributed by atoms with Crippen molar-refractivity contribution in [2.75, 3.05) is 26.7 Å². The summed E-state index contributed by atoms with van der Waals surface area (Å²) in [5.41, 5.74) is 2.88. The van der Waals surface area contributed by atoms with Crippen molar-refractivity contribution in [2.45, 2.75) is 25.7 Å². The van der Waals surface area contributed by atoms with Crippen molar-refractivity contribution in [3.05, 3.63) is 70.8 Å². The fourth-order valence-corrected chi connectivity index (χ4v) is 4.97. The van der Waals surface area contributed by atoms with E-state index in [0.717, 1.165) is 31.3 Å². The van der Waals surface area contributed by atoms with Gasteiger partial charge in [-0.3, -0.25) is 9.80 Å². The molecule has 7 heteroatoms. The molecule has 2 aromatic carbocycles. The Morgan fingerprint density at radius 1 is 0.966 bits per heavy atom. The summed E-state index contributed by atoms with van der Waals surface area (Å²) in [4.78, 5) is 4.77. The lowest BCUT2D eigenvalue weighted by atomic mass is 9.88. The van der Waals surface area contributed by atoms with Crippen LogP contribution in [0.5, 0.6) is 0 Å². The normalized spacial score (nSPS) is 24.7. The largest absolute Gasteiger partial charge is 0.416 e. The SMILES string of the molecule is Cc1ccccc1[C@H]1[C@@H]2CN(Cc3cccc(C(F)(F)F)c3)C[C@@H]2CN1C.Cl.Cl. The number of aryl methyl sites for hydroxylation is 1. The number of alkyl halides is 3. The van der Waals surface area contributed by atoms with Gasteiger partial charge in [-0.25, -0.2) is 0 Å². The molecule has 0 N–H and O–H groups in total. The maximum atomic E-state index is 13.0. The molecular formula is C22H27Cl2F3N2. The Balaban J connectivity index is 0.00000150. The van der Waals surface area contributed by atoms with Crippen LogP contribution in [0, 0.1) is 18.8 Å². The molecule has 29 heavy (non-hydrogen) atoms. The molecule has 4 rings (SSSR count). The van der Waals surface area contributed by atoms with Crippen LogP contribution in [-0.2, 0) is 12.7 Å². The van der Waals surface area contributed by atoms with Crippen molar-refractivity contribution in [3.63, 3.8) is 0 Å². The van der Waals surface area contributed by atoms with Crippen LogP contribution in [0.1, 0.15) is 28.3 Å². The van der Waals surface area contributed by atoms with E-state index in [0.29, 0.717) is 24.4 Å². The molecule has 2 fully saturated rings. The highest BCUT2D eigenvalue weighted by Gasteiger charge is 2.46. The number of likely N-dealkylation sites (tertiary alicyclic amines) is 2. The summed E-state index contributed by atoms with van der Waals surface area (Å²) in [6.45, 7) is 5.67. The van der Waals surface area contributed by atoms with Crippen molar-refractivity contribution in [1.29, 1.82) is 0 Å². The topological polar surface area (TPSA) is 6.48 Å². The number of hydrogen-bond donors (Lipinski definition) is 0. The first-order valence-corrected chi connectivity index (χ1v) is 9.47. The molecule has 0 unspecified atom stereocenters. The molecule has 0 amide bonds. The molecular weight excluding hydrogens is 420 g/mol. The van der Waals surface area contributed by atoms with Gasteiger partial charge in [-0.15, -0.1) is 24.8 Å². The van der Waals surface area contributed by atoms with Gasteiger partial charge in [0.2, 0.25) is 0 Å². The molecule has 0 spiro atoms. The third-order valence-electron chi connectivity index (χ3n) is 6.14. The molecule has 0 aliphatic carbocycles. The highest BCUT2D eigenvalue weighted by Crippen LogP contribution is 2.45. The van der Waals surface area contributed by atoms with Crippen LogP contribution in [0.15, 0.2) is 48.5 Å². The van der Waals surface area contributed by atoms with Gasteiger partial charge in [0, 0.05) is 32.2 Å². The number of benzene rings is 2. The monoisotopic (exact) mass is 446 g/mol. The molecule has 2 heterocycles. The fourth-order valence-electron chi connectivity index (χ4n) is 4.97. The minimum atomic E-state index is -4.28. The van der Waals surface area contributed by atoms with Crippen LogP contribution in [-0.4, -0.2) is 36.5 Å². The average molecular weight is 447 g/mol. The second kappa shape index (κ2) is 9.25. The molecule has 2 nitrogen and oxygen atoms in total. The summed E-state index contributed by atoms with van der Waals surface area (Å²) in [5, 5.41) is 0. The third-order valence-corrected chi connectivity index (χ3v) is 6.14. The predicted molar refractivity (Wildman–Crippen MR) is 115 cm³/mol. The van der Waals surface area contributed by atoms with Gasteiger partial charge in [-0.05, 0) is 48.6 Å². The van der Waals surface area contributed by atoms with Crippen molar-refractivity contribution in [1.82, 2.24) is 9.80 Å². The van der Waals surface area contributed by atoms with E-state index < -0.39 is 11.7 Å². The number of fused-ring (bicyclic) bond motifs is 1. The molecule has 2 saturated heterocycles. The minimum absolute atomic E-state index is 0. The Morgan fingerprint density at radius 2 is 1.69 bits per heavy atom. The molecule has 0 aromatic heterocycles. The fraction of sp³-hybridized carbons (Fsp3) is 0.455. The zero-order chi connectivity index (χ0) is 19.2. The Bertz CT molecular complexity index is 828. The zero-order valence-corrected chi connectivity index (χ0v) is 18.2. The minimum Gasteiger partial charge on any atom is -0.299 e. The van der Waals surface area contributed by atoms with Gasteiger partial charge in [0.1, 0.15) is 0 Å². The standard InChI is InChI=1S/C22H25F3N2.2ClH/c1-15-6-3-4-9-19(15)21-20-14-27(13-17(20)12-26(21)2)11-16-7-5-8-18(10-16)22(23,24)25;;/h3-10,17,20-21H,11-14H2,1-2H3;2*1H/t17-,20+,21-;;/m0../s1. The van der Waals surface area contributed by atoms with Gasteiger partial charge in [0.05, 0.1) is 5.56 Å². The van der Waals surface area contributed by atoms with E-state index in [1.807, 2.05) is 0 Å². The lowest BCUT2D eigenvalue weighted by Gasteiger charge is -2.28. The Morgan fingerprint density at radius 3 is 2.38 bits per heavy atom. The van der Waals surface area contributed by atoms with Crippen molar-refractivity contribution in [2.24, 2.45) is 11.8 Å². The van der Waals surface area contributed by atoms with Gasteiger partial charge in [0.15, 0.2) is 0 Å². The van der Waals surface area contributed by atoms with Gasteiger partial charge < -0.3 is 0 Å². The van der Waals surface area contributed by atoms with E-state index in [2.05, 4.69) is 48.0 Å². The first-order chi connectivity index (χ1) is 12.8. The molecule has 0 radical (unpaired) electrons. The summed E-state index contributed by atoms with van der Waals surface area (Å²) < 4.78 is 38.9. The molecule has 0 saturated carbocycles. The average Bonchev–Trinajstić information content (AvgIpc) is 3.11. The Kier molecular flexibility index (Phi) is 7.66. The van der Waals surface area contributed by atoms with Crippen LogP contribution in [0.4, 0.5) is 13.2 Å². The van der Waals surface area contributed by atoms with Crippen molar-refractivity contribution < 1.29 is 13.2 Å². The summed E-state index contributed by atoms with van der Waals surface area (Å²) in [5.74, 6) is 1.10. The van der Waals surface area contributed by atoms with E-state index >= 15 is 0 Å². The van der Waals surface area contributed by atoms with Gasteiger partial charge in [-0.2, -0.15) is 13.2 Å². The number of hydrogen-bond acceptors (Lipinski definition) is 2. The van der Waals surface area contributed by atoms with Crippen LogP contribution >= 0.6 is 24.8 Å². The summed E-state index contributed by atoms with van der Waals surface area (Å²) >= 11 is 0. The molecule has 2 aromatic rings. The molecule has 3 atom stereocenters. The smallest absolute Gasteiger partial charge is 0.299 e. The molecule has 160 valence electrons. The van der Waals surface area contributed by atoms with Crippen molar-refractivity contribution in [3.8, 4) is 0 Å². The zero-order valence-electron chi connectivity index (χ0n) is 16.5. The third kappa shape index (κ3) is 4.91. The lowest BCUT2D eigenvalue weighted by molar-refractivity contribution is -0.137. The van der Waals surface area contributed by atoms with Crippen LogP contribution in [0.3, 0.4) is 0 Å². The summed E-state index contributed by atoms with van der Waals surface area (Å²) in [7, 11) is 2.19. The second-order valence-electron chi connectivity index (χ2n) is 8.06. The van der Waals surface area contributed by atoms with Gasteiger partial charge in [0.25, 0.3) is 0 Å². The second-order valence-corrected chi connectivity index (χ2v) is 8.06. The number of nitrogens with zero attached hydrogens (tertiary/aromatic N) is 2. The van der Waals surface area contributed by atoms with Crippen LogP contribution in [0.25, 0.3) is 0 Å². The Hall–Kier alpha value is -1.27. The number of halogens is 5. The van der Waals surface area contributed by atoms with Gasteiger partial charge in [-0.1, -0.05) is 42.5 Å². The van der Waals surface area contributed by atoms with E-state index in [1.54, 1.807) is 6.07 Å². The van der Waals surface area contributed by atoms with E-state index in [-0.39, 0.29) is 24.8 Å². The van der Waals surface area contributed by atoms with E-state index in [9.17, 15) is 13.2 Å². The predicted octanol–water partition coefficient (Wildman–Crippen LogP) is 5.59. The maximum Gasteiger partial charge on any atom is 0.416 e. The highest BCUT2D eigenvalue weighted by atomic mass is 35.5. The Labute approximate surface area is 182 Å². The summed E-state index contributed by atoms with van der Waals surface area (Å²) in [6.07, 6.45) is -4.28. The van der Waals surface area contributed by atoms with Crippen LogP contribution in [0.2, 0.25) is 0 Å². The van der Waals surface area contributed by atoms with E-state index in [1.165, 1.54) is 23.3 Å². The molecule has 0 bridgehead atoms. The molecule has 2 aliphatic heterocycles. The first kappa shape index (κ1) is 24.0. The first-order valence-electron chi connectivity index (χ1n) is 9.47. The lowest BCUT2D eigenvalue weighted by Crippen LogP contribution is -2.29. The van der Waals surface area contributed by atoms with Crippen molar-refractivity contribution >= 4 is 24.8 Å². The highest BCUT2D eigenvalue weighted by molar-refractivity contribution is 5.85. The maximum absolute atomic E-state index is 13.0. The molecule has 2 aliphatic rings. The van der Waals surface area contributed by atoms with Crippen LogP contribution < -0.4 is 0 Å².